The Kier molecular flexibility index (Phi) is 4.47. The number of sulfonamides is 1. The fraction of sp³-hybridized carbons (Fsp3) is 0.300. The number of rotatable bonds is 5. The van der Waals surface area contributed by atoms with Crippen molar-refractivity contribution in [1.29, 1.82) is 0 Å². The summed E-state index contributed by atoms with van der Waals surface area (Å²) in [6, 6.07) is 6.37. The first-order valence-corrected chi connectivity index (χ1v) is 6.59. The zero-order valence-corrected chi connectivity index (χ0v) is 10.3. The van der Waals surface area contributed by atoms with Crippen LogP contribution >= 0.6 is 0 Å². The van der Waals surface area contributed by atoms with Gasteiger partial charge in [0.15, 0.2) is 0 Å². The Labute approximate surface area is 99.6 Å². The lowest BCUT2D eigenvalue weighted by Crippen LogP contribution is -2.30. The monoisotopic (exact) mass is 259 g/mol. The first-order valence-electron chi connectivity index (χ1n) is 4.70. The zero-order valence-electron chi connectivity index (χ0n) is 9.47. The van der Waals surface area contributed by atoms with E-state index in [1.807, 2.05) is 4.72 Å². The van der Waals surface area contributed by atoms with E-state index in [-0.39, 0.29) is 0 Å². The van der Waals surface area contributed by atoms with E-state index in [2.05, 4.69) is 0 Å². The summed E-state index contributed by atoms with van der Waals surface area (Å²) in [4.78, 5) is 11.2. The van der Waals surface area contributed by atoms with Crippen molar-refractivity contribution in [2.75, 3.05) is 19.9 Å². The van der Waals surface area contributed by atoms with Gasteiger partial charge in [-0.3, -0.25) is 4.79 Å². The van der Waals surface area contributed by atoms with Crippen molar-refractivity contribution in [1.82, 2.24) is 4.72 Å². The van der Waals surface area contributed by atoms with Crippen LogP contribution in [0.4, 0.5) is 0 Å². The van der Waals surface area contributed by atoms with Crippen molar-refractivity contribution >= 4 is 16.0 Å². The number of nitrogens with one attached hydrogen (secondary N) is 1. The molecule has 0 heterocycles. The fourth-order valence-electron chi connectivity index (χ4n) is 1.00. The number of esters is 1. The number of methoxy groups -OCH3 is 1. The minimum absolute atomic E-state index is 0.325. The molecule has 0 aliphatic carbocycles. The van der Waals surface area contributed by atoms with Crippen molar-refractivity contribution in [2.24, 2.45) is 0 Å². The number of carbonyl (C=O) groups excluding carboxylic acids is 1. The second-order valence-corrected chi connectivity index (χ2v) is 5.08. The van der Waals surface area contributed by atoms with Crippen LogP contribution in [0.25, 0.3) is 0 Å². The molecule has 0 fully saturated rings. The van der Waals surface area contributed by atoms with Gasteiger partial charge in [-0.05, 0) is 24.3 Å². The second kappa shape index (κ2) is 5.65. The van der Waals surface area contributed by atoms with Gasteiger partial charge >= 0.3 is 5.97 Å². The van der Waals surface area contributed by atoms with Crippen molar-refractivity contribution in [3.8, 4) is 11.5 Å². The Morgan fingerprint density at radius 1 is 1.24 bits per heavy atom. The average Bonchev–Trinajstić information content (AvgIpc) is 2.27. The number of hydrogen-bond acceptors (Lipinski definition) is 5. The lowest BCUT2D eigenvalue weighted by atomic mass is 10.3. The summed E-state index contributed by atoms with van der Waals surface area (Å²) >= 11 is 0. The second-order valence-electron chi connectivity index (χ2n) is 3.24. The van der Waals surface area contributed by atoms with E-state index < -0.39 is 22.5 Å². The van der Waals surface area contributed by atoms with Gasteiger partial charge < -0.3 is 9.47 Å². The Morgan fingerprint density at radius 2 is 1.76 bits per heavy atom. The highest BCUT2D eigenvalue weighted by atomic mass is 32.2. The van der Waals surface area contributed by atoms with Crippen molar-refractivity contribution < 1.29 is 22.7 Å². The molecule has 0 saturated carbocycles. The Hall–Kier alpha value is -1.60. The third-order valence-corrected chi connectivity index (χ3v) is 2.44. The molecule has 1 aromatic rings. The Balaban J connectivity index is 2.50. The molecule has 0 aliphatic rings. The minimum Gasteiger partial charge on any atom is -0.497 e. The van der Waals surface area contributed by atoms with Crippen LogP contribution in [0.1, 0.15) is 0 Å². The number of hydrogen-bond donors (Lipinski definition) is 1. The van der Waals surface area contributed by atoms with Crippen LogP contribution in [0.15, 0.2) is 24.3 Å². The van der Waals surface area contributed by atoms with Gasteiger partial charge in [0.05, 0.1) is 13.4 Å². The number of benzene rings is 1. The maximum absolute atomic E-state index is 11.2. The van der Waals surface area contributed by atoms with Gasteiger partial charge in [0, 0.05) is 0 Å². The maximum Gasteiger partial charge on any atom is 0.326 e. The molecule has 1 N–H and O–H groups in total. The van der Waals surface area contributed by atoms with Crippen LogP contribution in [-0.4, -0.2) is 34.3 Å². The Bertz CT molecular complexity index is 480. The summed E-state index contributed by atoms with van der Waals surface area (Å²) in [5, 5.41) is 0. The van der Waals surface area contributed by atoms with Crippen molar-refractivity contribution in [2.45, 2.75) is 0 Å². The van der Waals surface area contributed by atoms with Crippen LogP contribution in [0.3, 0.4) is 0 Å². The van der Waals surface area contributed by atoms with Gasteiger partial charge in [0.2, 0.25) is 10.0 Å². The molecule has 0 aromatic heterocycles. The molecule has 0 aliphatic heterocycles. The van der Waals surface area contributed by atoms with E-state index >= 15 is 0 Å². The van der Waals surface area contributed by atoms with Gasteiger partial charge in [-0.15, -0.1) is 0 Å². The standard InChI is InChI=1S/C10H13NO5S/c1-15-8-3-5-9(6-4-8)16-10(12)7-11-17(2,13)14/h3-6,11H,7H2,1-2H3. The molecular weight excluding hydrogens is 246 g/mol. The molecule has 1 aromatic carbocycles. The molecule has 0 unspecified atom stereocenters. The van der Waals surface area contributed by atoms with E-state index in [1.54, 1.807) is 24.3 Å². The molecule has 94 valence electrons. The first kappa shape index (κ1) is 13.5. The minimum atomic E-state index is -3.39. The van der Waals surface area contributed by atoms with E-state index in [0.29, 0.717) is 11.5 Å². The van der Waals surface area contributed by atoms with Crippen molar-refractivity contribution in [3.05, 3.63) is 24.3 Å². The van der Waals surface area contributed by atoms with Gasteiger partial charge in [-0.25, -0.2) is 13.1 Å². The molecule has 0 saturated heterocycles. The van der Waals surface area contributed by atoms with Gasteiger partial charge in [0.1, 0.15) is 18.0 Å². The number of carbonyl (C=O) groups is 1. The third-order valence-electron chi connectivity index (χ3n) is 1.77. The predicted octanol–water partition coefficient (Wildman–Crippen LogP) is 0.150. The Morgan fingerprint density at radius 3 is 2.24 bits per heavy atom. The van der Waals surface area contributed by atoms with Crippen LogP contribution < -0.4 is 14.2 Å². The maximum atomic E-state index is 11.2. The van der Waals surface area contributed by atoms with Gasteiger partial charge in [0.25, 0.3) is 0 Å². The third kappa shape index (κ3) is 5.32. The largest absolute Gasteiger partial charge is 0.497 e. The molecule has 0 spiro atoms. The molecule has 0 radical (unpaired) electrons. The summed E-state index contributed by atoms with van der Waals surface area (Å²) in [6.07, 6.45) is 0.966. The van der Waals surface area contributed by atoms with E-state index in [0.717, 1.165) is 6.26 Å². The van der Waals surface area contributed by atoms with Crippen LogP contribution in [0, 0.1) is 0 Å². The normalized spacial score (nSPS) is 10.9. The predicted molar refractivity (Wildman–Crippen MR) is 61.5 cm³/mol. The van der Waals surface area contributed by atoms with Gasteiger partial charge in [-0.1, -0.05) is 0 Å². The average molecular weight is 259 g/mol. The topological polar surface area (TPSA) is 81.7 Å². The SMILES string of the molecule is COc1ccc(OC(=O)CNS(C)(=O)=O)cc1. The highest BCUT2D eigenvalue weighted by Gasteiger charge is 2.08. The molecule has 7 heteroatoms. The van der Waals surface area contributed by atoms with Crippen molar-refractivity contribution in [3.63, 3.8) is 0 Å². The van der Waals surface area contributed by atoms with Gasteiger partial charge in [-0.2, -0.15) is 0 Å². The number of ether oxygens (including phenoxy) is 2. The molecule has 1 rings (SSSR count). The molecule has 0 amide bonds. The summed E-state index contributed by atoms with van der Waals surface area (Å²) in [7, 11) is -1.87. The van der Waals surface area contributed by atoms with E-state index in [1.165, 1.54) is 7.11 Å². The molecule has 6 nitrogen and oxygen atoms in total. The quantitative estimate of drug-likeness (QED) is 0.601. The summed E-state index contributed by atoms with van der Waals surface area (Å²) in [6.45, 7) is -0.398. The molecule has 17 heavy (non-hydrogen) atoms. The first-order chi connectivity index (χ1) is 7.90. The highest BCUT2D eigenvalue weighted by Crippen LogP contribution is 2.16. The summed E-state index contributed by atoms with van der Waals surface area (Å²) in [5.74, 6) is 0.283. The summed E-state index contributed by atoms with van der Waals surface area (Å²) < 4.78 is 33.3. The highest BCUT2D eigenvalue weighted by molar-refractivity contribution is 7.88. The van der Waals surface area contributed by atoms with E-state index in [9.17, 15) is 13.2 Å². The zero-order chi connectivity index (χ0) is 12.9. The lowest BCUT2D eigenvalue weighted by Gasteiger charge is -2.05. The van der Waals surface area contributed by atoms with Crippen LogP contribution in [-0.2, 0) is 14.8 Å². The van der Waals surface area contributed by atoms with Crippen LogP contribution in [0.2, 0.25) is 0 Å². The molecule has 0 bridgehead atoms. The smallest absolute Gasteiger partial charge is 0.326 e. The molecule has 0 atom stereocenters. The van der Waals surface area contributed by atoms with Crippen LogP contribution in [0.5, 0.6) is 11.5 Å². The molecular formula is C10H13NO5S. The van der Waals surface area contributed by atoms with E-state index in [4.69, 9.17) is 9.47 Å². The fourth-order valence-corrected chi connectivity index (χ4v) is 1.38. The summed E-state index contributed by atoms with van der Waals surface area (Å²) in [5.41, 5.74) is 0. The lowest BCUT2D eigenvalue weighted by molar-refractivity contribution is -0.133.